The highest BCUT2D eigenvalue weighted by Crippen LogP contribution is 2.26. The van der Waals surface area contributed by atoms with Crippen LogP contribution in [0.25, 0.3) is 17.1 Å². The van der Waals surface area contributed by atoms with Crippen molar-refractivity contribution in [1.29, 1.82) is 0 Å². The van der Waals surface area contributed by atoms with Crippen molar-refractivity contribution < 1.29 is 9.72 Å². The quantitative estimate of drug-likeness (QED) is 0.327. The van der Waals surface area contributed by atoms with Crippen LogP contribution < -0.4 is 5.32 Å². The number of non-ortho nitro benzene ring substituents is 1. The van der Waals surface area contributed by atoms with E-state index in [0.29, 0.717) is 16.4 Å². The number of nitro benzene ring substituents is 1. The minimum absolute atomic E-state index is 0.0774. The second-order valence-corrected chi connectivity index (χ2v) is 7.67. The largest absolute Gasteiger partial charge is 0.319 e. The maximum absolute atomic E-state index is 12.9. The molecular weight excluding hydrogens is 430 g/mol. The van der Waals surface area contributed by atoms with Gasteiger partial charge in [-0.2, -0.15) is 0 Å². The first kappa shape index (κ1) is 21.2. The molecule has 0 saturated carbocycles. The zero-order valence-corrected chi connectivity index (χ0v) is 18.0. The number of anilines is 1. The number of hydrogen-bond acceptors (Lipinski definition) is 5. The standard InChI is InChI=1S/C23H18ClN5O3/c1-14-9-10-20(15(2)11-14)28-22(16-5-3-6-17(24)12-16)26-21(27-28)23(30)25-18-7-4-8-19(13-18)29(31)32/h3-13H,1-2H3,(H,25,30). The first-order valence-corrected chi connectivity index (χ1v) is 10.1. The highest BCUT2D eigenvalue weighted by atomic mass is 35.5. The average Bonchev–Trinajstić information content (AvgIpc) is 3.19. The molecule has 0 aliphatic rings. The molecule has 0 bridgehead atoms. The average molecular weight is 448 g/mol. The molecule has 0 fully saturated rings. The van der Waals surface area contributed by atoms with Crippen molar-refractivity contribution in [3.05, 3.63) is 98.8 Å². The van der Waals surface area contributed by atoms with Crippen molar-refractivity contribution in [2.45, 2.75) is 13.8 Å². The summed E-state index contributed by atoms with van der Waals surface area (Å²) in [5, 5.41) is 18.6. The topological polar surface area (TPSA) is 103 Å². The van der Waals surface area contributed by atoms with Gasteiger partial charge in [-0.25, -0.2) is 9.67 Å². The molecule has 4 aromatic rings. The Kier molecular flexibility index (Phi) is 5.70. The van der Waals surface area contributed by atoms with Gasteiger partial charge in [-0.15, -0.1) is 5.10 Å². The van der Waals surface area contributed by atoms with Gasteiger partial charge in [0.05, 0.1) is 10.6 Å². The summed E-state index contributed by atoms with van der Waals surface area (Å²) in [6.07, 6.45) is 0. The normalized spacial score (nSPS) is 10.7. The fourth-order valence-corrected chi connectivity index (χ4v) is 3.51. The van der Waals surface area contributed by atoms with Crippen LogP contribution in [0.15, 0.2) is 66.7 Å². The van der Waals surface area contributed by atoms with E-state index in [2.05, 4.69) is 15.4 Å². The Labute approximate surface area is 188 Å². The van der Waals surface area contributed by atoms with Crippen LogP contribution in [-0.2, 0) is 0 Å². The predicted molar refractivity (Wildman–Crippen MR) is 122 cm³/mol. The van der Waals surface area contributed by atoms with Gasteiger partial charge < -0.3 is 5.32 Å². The van der Waals surface area contributed by atoms with Gasteiger partial charge in [-0.05, 0) is 43.7 Å². The molecule has 4 rings (SSSR count). The van der Waals surface area contributed by atoms with E-state index in [1.807, 2.05) is 38.1 Å². The number of nitrogens with zero attached hydrogens (tertiary/aromatic N) is 4. The third-order valence-electron chi connectivity index (χ3n) is 4.79. The van der Waals surface area contributed by atoms with E-state index in [0.717, 1.165) is 16.8 Å². The molecule has 32 heavy (non-hydrogen) atoms. The molecule has 8 nitrogen and oxygen atoms in total. The summed E-state index contributed by atoms with van der Waals surface area (Å²) in [6, 6.07) is 18.7. The fraction of sp³-hybridized carbons (Fsp3) is 0.0870. The Morgan fingerprint density at radius 2 is 1.84 bits per heavy atom. The molecule has 9 heteroatoms. The molecule has 0 aliphatic heterocycles. The number of amides is 1. The van der Waals surface area contributed by atoms with E-state index >= 15 is 0 Å². The minimum atomic E-state index is -0.586. The molecule has 0 atom stereocenters. The van der Waals surface area contributed by atoms with Crippen LogP contribution in [0, 0.1) is 24.0 Å². The van der Waals surface area contributed by atoms with Gasteiger partial charge in [-0.3, -0.25) is 14.9 Å². The summed E-state index contributed by atoms with van der Waals surface area (Å²) in [4.78, 5) is 27.8. The number of halogens is 1. The maximum atomic E-state index is 12.9. The lowest BCUT2D eigenvalue weighted by Gasteiger charge is -2.10. The van der Waals surface area contributed by atoms with Gasteiger partial charge in [0.25, 0.3) is 11.6 Å². The van der Waals surface area contributed by atoms with Crippen LogP contribution in [0.1, 0.15) is 21.7 Å². The first-order chi connectivity index (χ1) is 15.3. The molecule has 1 aromatic heterocycles. The summed E-state index contributed by atoms with van der Waals surface area (Å²) in [6.45, 7) is 3.95. The molecule has 0 saturated heterocycles. The Morgan fingerprint density at radius 1 is 1.06 bits per heavy atom. The van der Waals surface area contributed by atoms with Gasteiger partial charge in [0.1, 0.15) is 0 Å². The Bertz CT molecular complexity index is 1350. The monoisotopic (exact) mass is 447 g/mol. The third-order valence-corrected chi connectivity index (χ3v) is 5.02. The first-order valence-electron chi connectivity index (χ1n) is 9.68. The molecule has 0 radical (unpaired) electrons. The Morgan fingerprint density at radius 3 is 2.56 bits per heavy atom. The second kappa shape index (κ2) is 8.60. The highest BCUT2D eigenvalue weighted by Gasteiger charge is 2.20. The van der Waals surface area contributed by atoms with Crippen LogP contribution >= 0.6 is 11.6 Å². The number of nitrogens with one attached hydrogen (secondary N) is 1. The molecule has 1 heterocycles. The Balaban J connectivity index is 1.77. The SMILES string of the molecule is Cc1ccc(-n2nc(C(=O)Nc3cccc([N+](=O)[O-])c3)nc2-c2cccc(Cl)c2)c(C)c1. The molecule has 3 aromatic carbocycles. The lowest BCUT2D eigenvalue weighted by molar-refractivity contribution is -0.384. The van der Waals surface area contributed by atoms with E-state index in [-0.39, 0.29) is 17.2 Å². The summed E-state index contributed by atoms with van der Waals surface area (Å²) in [5.74, 6) is -0.215. The van der Waals surface area contributed by atoms with Crippen LogP contribution in [-0.4, -0.2) is 25.6 Å². The number of rotatable bonds is 5. The van der Waals surface area contributed by atoms with Gasteiger partial charge in [0, 0.05) is 28.4 Å². The third kappa shape index (κ3) is 4.35. The second-order valence-electron chi connectivity index (χ2n) is 7.23. The molecule has 0 unspecified atom stereocenters. The number of nitro groups is 1. The number of hydrogen-bond donors (Lipinski definition) is 1. The lowest BCUT2D eigenvalue weighted by atomic mass is 10.1. The predicted octanol–water partition coefficient (Wildman–Crippen LogP) is 5.37. The van der Waals surface area contributed by atoms with Crippen molar-refractivity contribution in [1.82, 2.24) is 14.8 Å². The van der Waals surface area contributed by atoms with Crippen LogP contribution in [0.4, 0.5) is 11.4 Å². The van der Waals surface area contributed by atoms with Crippen LogP contribution in [0.3, 0.4) is 0 Å². The fourth-order valence-electron chi connectivity index (χ4n) is 3.32. The molecule has 0 aliphatic carbocycles. The molecule has 1 amide bonds. The van der Waals surface area contributed by atoms with Crippen LogP contribution in [0.2, 0.25) is 5.02 Å². The summed E-state index contributed by atoms with van der Waals surface area (Å²) in [5.41, 5.74) is 3.67. The van der Waals surface area contributed by atoms with Gasteiger partial charge in [0.2, 0.25) is 5.82 Å². The van der Waals surface area contributed by atoms with Crippen LogP contribution in [0.5, 0.6) is 0 Å². The summed E-state index contributed by atoms with van der Waals surface area (Å²) < 4.78 is 1.60. The maximum Gasteiger partial charge on any atom is 0.295 e. The van der Waals surface area contributed by atoms with Gasteiger partial charge >= 0.3 is 0 Å². The molecule has 160 valence electrons. The van der Waals surface area contributed by atoms with E-state index in [1.165, 1.54) is 18.2 Å². The highest BCUT2D eigenvalue weighted by molar-refractivity contribution is 6.30. The van der Waals surface area contributed by atoms with E-state index in [4.69, 9.17) is 11.6 Å². The number of aryl methyl sites for hydroxylation is 2. The van der Waals surface area contributed by atoms with E-state index in [9.17, 15) is 14.9 Å². The number of carbonyl (C=O) groups is 1. The van der Waals surface area contributed by atoms with Crippen molar-refractivity contribution in [3.63, 3.8) is 0 Å². The number of benzene rings is 3. The Hall–Kier alpha value is -4.04. The summed E-state index contributed by atoms with van der Waals surface area (Å²) >= 11 is 6.17. The number of carbonyl (C=O) groups excluding carboxylic acids is 1. The lowest BCUT2D eigenvalue weighted by Crippen LogP contribution is -2.14. The van der Waals surface area contributed by atoms with Gasteiger partial charge in [-0.1, -0.05) is 47.5 Å². The number of aromatic nitrogens is 3. The van der Waals surface area contributed by atoms with E-state index in [1.54, 1.807) is 28.9 Å². The molecule has 1 N–H and O–H groups in total. The van der Waals surface area contributed by atoms with Crippen molar-refractivity contribution >= 4 is 28.9 Å². The smallest absolute Gasteiger partial charge is 0.295 e. The van der Waals surface area contributed by atoms with E-state index < -0.39 is 10.8 Å². The minimum Gasteiger partial charge on any atom is -0.319 e. The zero-order valence-electron chi connectivity index (χ0n) is 17.2. The van der Waals surface area contributed by atoms with Crippen molar-refractivity contribution in [2.24, 2.45) is 0 Å². The van der Waals surface area contributed by atoms with Crippen molar-refractivity contribution in [2.75, 3.05) is 5.32 Å². The summed E-state index contributed by atoms with van der Waals surface area (Å²) in [7, 11) is 0. The van der Waals surface area contributed by atoms with Gasteiger partial charge in [0.15, 0.2) is 5.82 Å². The zero-order chi connectivity index (χ0) is 22.8. The molecular formula is C23H18ClN5O3. The molecule has 0 spiro atoms. The van der Waals surface area contributed by atoms with Crippen molar-refractivity contribution in [3.8, 4) is 17.1 Å².